The van der Waals surface area contributed by atoms with Crippen LogP contribution in [0.5, 0.6) is 0 Å². The van der Waals surface area contributed by atoms with Gasteiger partial charge in [0.15, 0.2) is 0 Å². The van der Waals surface area contributed by atoms with Crippen molar-refractivity contribution >= 4 is 23.4 Å². The lowest BCUT2D eigenvalue weighted by atomic mass is 10.0. The summed E-state index contributed by atoms with van der Waals surface area (Å²) in [4.78, 5) is 28.0. The highest BCUT2D eigenvalue weighted by Crippen LogP contribution is 2.38. The molecule has 0 bridgehead atoms. The number of amides is 2. The van der Waals surface area contributed by atoms with Gasteiger partial charge in [0, 0.05) is 55.8 Å². The summed E-state index contributed by atoms with van der Waals surface area (Å²) in [7, 11) is 0. The van der Waals surface area contributed by atoms with Gasteiger partial charge in [0.25, 0.3) is 5.91 Å². The summed E-state index contributed by atoms with van der Waals surface area (Å²) in [6.07, 6.45) is 0.132. The number of nitrogens with two attached hydrogens (primary N) is 1. The third kappa shape index (κ3) is 4.34. The number of carbonyl (C=O) groups excluding carboxylic acids is 2. The molecule has 2 heterocycles. The van der Waals surface area contributed by atoms with E-state index >= 15 is 0 Å². The van der Waals surface area contributed by atoms with Gasteiger partial charge < -0.3 is 10.6 Å². The van der Waals surface area contributed by atoms with Crippen LogP contribution in [-0.2, 0) is 4.79 Å². The number of fused-ring (bicyclic) bond motifs is 1. The van der Waals surface area contributed by atoms with Gasteiger partial charge in [0.05, 0.1) is 0 Å². The molecule has 32 heavy (non-hydrogen) atoms. The van der Waals surface area contributed by atoms with E-state index in [-0.39, 0.29) is 24.3 Å². The van der Waals surface area contributed by atoms with Gasteiger partial charge in [-0.3, -0.25) is 14.5 Å². The molecule has 2 N–H and O–H groups in total. The quantitative estimate of drug-likeness (QED) is 0.732. The zero-order valence-electron chi connectivity index (χ0n) is 17.5. The SMILES string of the molecule is Cc1ccc(C(CC(N)=O)N2CC3CN(C(=O)c4c(F)cc(F)cc4F)CC3C2)cc1Cl. The predicted octanol–water partition coefficient (Wildman–Crippen LogP) is 3.69. The standard InChI is InChI=1S/C23H23ClF3N3O2/c1-12-2-3-13(4-17(12)24)20(7-21(28)31)29-8-14-10-30(11-15(14)9-29)23(32)22-18(26)5-16(25)6-19(22)27/h2-6,14-15,20H,7-11H2,1H3,(H2,28,31). The fourth-order valence-electron chi connectivity index (χ4n) is 4.82. The van der Waals surface area contributed by atoms with E-state index in [2.05, 4.69) is 4.90 Å². The largest absolute Gasteiger partial charge is 0.370 e. The molecule has 2 aromatic rings. The topological polar surface area (TPSA) is 66.6 Å². The molecule has 0 aromatic heterocycles. The van der Waals surface area contributed by atoms with Crippen LogP contribution in [0.15, 0.2) is 30.3 Å². The first-order valence-electron chi connectivity index (χ1n) is 10.4. The number of benzene rings is 2. The number of hydrogen-bond donors (Lipinski definition) is 1. The summed E-state index contributed by atoms with van der Waals surface area (Å²) >= 11 is 6.28. The van der Waals surface area contributed by atoms with E-state index < -0.39 is 34.8 Å². The Morgan fingerprint density at radius 2 is 1.66 bits per heavy atom. The van der Waals surface area contributed by atoms with E-state index in [1.54, 1.807) is 0 Å². The first-order valence-corrected chi connectivity index (χ1v) is 10.7. The molecular formula is C23H23ClF3N3O2. The number of carbonyl (C=O) groups is 2. The Labute approximate surface area is 188 Å². The van der Waals surface area contributed by atoms with Gasteiger partial charge in [-0.05, 0) is 36.0 Å². The molecule has 170 valence electrons. The fourth-order valence-corrected chi connectivity index (χ4v) is 5.01. The van der Waals surface area contributed by atoms with Gasteiger partial charge in [0.1, 0.15) is 23.0 Å². The summed E-state index contributed by atoms with van der Waals surface area (Å²) in [5, 5.41) is 0.608. The molecule has 2 aliphatic heterocycles. The summed E-state index contributed by atoms with van der Waals surface area (Å²) < 4.78 is 41.3. The lowest BCUT2D eigenvalue weighted by molar-refractivity contribution is -0.119. The van der Waals surface area contributed by atoms with Crippen LogP contribution in [-0.4, -0.2) is 47.8 Å². The van der Waals surface area contributed by atoms with Gasteiger partial charge in [-0.15, -0.1) is 0 Å². The summed E-state index contributed by atoms with van der Waals surface area (Å²) in [5.74, 6) is -4.51. The minimum absolute atomic E-state index is 0.0850. The van der Waals surface area contributed by atoms with Crippen LogP contribution < -0.4 is 5.73 Å². The monoisotopic (exact) mass is 465 g/mol. The maximum atomic E-state index is 14.1. The fraction of sp³-hybridized carbons (Fsp3) is 0.391. The maximum absolute atomic E-state index is 14.1. The average Bonchev–Trinajstić information content (AvgIpc) is 3.26. The number of hydrogen-bond acceptors (Lipinski definition) is 3. The number of nitrogens with zero attached hydrogens (tertiary/aromatic N) is 2. The molecule has 2 fully saturated rings. The number of halogens is 4. The Hall–Kier alpha value is -2.58. The highest BCUT2D eigenvalue weighted by molar-refractivity contribution is 6.31. The van der Waals surface area contributed by atoms with Gasteiger partial charge in [0.2, 0.25) is 5.91 Å². The van der Waals surface area contributed by atoms with E-state index in [0.717, 1.165) is 11.1 Å². The third-order valence-electron chi connectivity index (χ3n) is 6.44. The van der Waals surface area contributed by atoms with Crippen molar-refractivity contribution in [3.63, 3.8) is 0 Å². The summed E-state index contributed by atoms with van der Waals surface area (Å²) in [6.45, 7) is 3.76. The highest BCUT2D eigenvalue weighted by Gasteiger charge is 2.44. The van der Waals surface area contributed by atoms with Crippen LogP contribution in [0, 0.1) is 36.2 Å². The first kappa shape index (κ1) is 22.6. The molecule has 2 aromatic carbocycles. The Morgan fingerprint density at radius 1 is 1.06 bits per heavy atom. The zero-order valence-corrected chi connectivity index (χ0v) is 18.2. The number of aryl methyl sites for hydroxylation is 1. The Balaban J connectivity index is 1.49. The molecule has 2 amide bonds. The normalized spacial score (nSPS) is 21.6. The van der Waals surface area contributed by atoms with Gasteiger partial charge in [-0.2, -0.15) is 0 Å². The third-order valence-corrected chi connectivity index (χ3v) is 6.85. The van der Waals surface area contributed by atoms with Crippen LogP contribution in [0.1, 0.15) is 33.9 Å². The van der Waals surface area contributed by atoms with E-state index in [4.69, 9.17) is 17.3 Å². The van der Waals surface area contributed by atoms with E-state index in [0.29, 0.717) is 43.3 Å². The molecular weight excluding hydrogens is 443 g/mol. The predicted molar refractivity (Wildman–Crippen MR) is 114 cm³/mol. The summed E-state index contributed by atoms with van der Waals surface area (Å²) in [6, 6.07) is 6.45. The molecule has 9 heteroatoms. The average molecular weight is 466 g/mol. The van der Waals surface area contributed by atoms with Crippen molar-refractivity contribution in [1.29, 1.82) is 0 Å². The lowest BCUT2D eigenvalue weighted by Gasteiger charge is -2.29. The number of rotatable bonds is 5. The van der Waals surface area contributed by atoms with Crippen LogP contribution in [0.4, 0.5) is 13.2 Å². The second-order valence-corrected chi connectivity index (χ2v) is 9.03. The molecule has 0 spiro atoms. The molecule has 5 nitrogen and oxygen atoms in total. The first-order chi connectivity index (χ1) is 15.1. The smallest absolute Gasteiger partial charge is 0.259 e. The molecule has 2 saturated heterocycles. The van der Waals surface area contributed by atoms with Gasteiger partial charge in [-0.1, -0.05) is 23.7 Å². The summed E-state index contributed by atoms with van der Waals surface area (Å²) in [5.41, 5.74) is 6.59. The lowest BCUT2D eigenvalue weighted by Crippen LogP contribution is -2.36. The molecule has 0 saturated carbocycles. The second-order valence-electron chi connectivity index (χ2n) is 8.62. The highest BCUT2D eigenvalue weighted by atomic mass is 35.5. The number of primary amides is 1. The minimum atomic E-state index is -1.20. The van der Waals surface area contributed by atoms with Crippen LogP contribution in [0.25, 0.3) is 0 Å². The Bertz CT molecular complexity index is 1040. The number of likely N-dealkylation sites (tertiary alicyclic amines) is 2. The molecule has 4 rings (SSSR count). The molecule has 0 aliphatic carbocycles. The van der Waals surface area contributed by atoms with Crippen molar-refractivity contribution in [1.82, 2.24) is 9.80 Å². The molecule has 0 radical (unpaired) electrons. The van der Waals surface area contributed by atoms with E-state index in [1.807, 2.05) is 25.1 Å². The second kappa shape index (κ2) is 8.75. The van der Waals surface area contributed by atoms with Crippen molar-refractivity contribution in [3.8, 4) is 0 Å². The van der Waals surface area contributed by atoms with E-state index in [1.165, 1.54) is 4.90 Å². The molecule has 2 aliphatic rings. The maximum Gasteiger partial charge on any atom is 0.259 e. The van der Waals surface area contributed by atoms with Crippen molar-refractivity contribution in [2.75, 3.05) is 26.2 Å². The van der Waals surface area contributed by atoms with Crippen molar-refractivity contribution in [2.24, 2.45) is 17.6 Å². The Kier molecular flexibility index (Phi) is 6.18. The minimum Gasteiger partial charge on any atom is -0.370 e. The molecule has 3 atom stereocenters. The van der Waals surface area contributed by atoms with Gasteiger partial charge in [-0.25, -0.2) is 13.2 Å². The van der Waals surface area contributed by atoms with Crippen molar-refractivity contribution in [2.45, 2.75) is 19.4 Å². The van der Waals surface area contributed by atoms with Crippen molar-refractivity contribution < 1.29 is 22.8 Å². The molecule has 3 unspecified atom stereocenters. The van der Waals surface area contributed by atoms with Crippen LogP contribution >= 0.6 is 11.6 Å². The van der Waals surface area contributed by atoms with Gasteiger partial charge >= 0.3 is 0 Å². The van der Waals surface area contributed by atoms with E-state index in [9.17, 15) is 22.8 Å². The Morgan fingerprint density at radius 3 is 2.19 bits per heavy atom. The van der Waals surface area contributed by atoms with Crippen molar-refractivity contribution in [3.05, 3.63) is 69.5 Å². The van der Waals surface area contributed by atoms with Crippen LogP contribution in [0.3, 0.4) is 0 Å². The van der Waals surface area contributed by atoms with Crippen LogP contribution in [0.2, 0.25) is 5.02 Å². The zero-order chi connectivity index (χ0) is 23.2.